The van der Waals surface area contributed by atoms with Gasteiger partial charge in [0.15, 0.2) is 0 Å². The summed E-state index contributed by atoms with van der Waals surface area (Å²) in [6.45, 7) is 6.07. The third kappa shape index (κ3) is 3.71. The fourth-order valence-corrected chi connectivity index (χ4v) is 5.26. The van der Waals surface area contributed by atoms with Crippen LogP contribution in [0.25, 0.3) is 10.8 Å². The molecule has 0 aromatic heterocycles. The number of anilines is 1. The van der Waals surface area contributed by atoms with Crippen molar-refractivity contribution in [1.82, 2.24) is 10.2 Å². The Hall–Kier alpha value is -2.89. The maximum absolute atomic E-state index is 13.2. The van der Waals surface area contributed by atoms with E-state index >= 15 is 0 Å². The summed E-state index contributed by atoms with van der Waals surface area (Å²) in [4.78, 5) is 39.3. The summed E-state index contributed by atoms with van der Waals surface area (Å²) in [5, 5.41) is 7.80. The van der Waals surface area contributed by atoms with Gasteiger partial charge in [0, 0.05) is 5.69 Å². The van der Waals surface area contributed by atoms with E-state index in [2.05, 4.69) is 31.4 Å². The number of hydrogen-bond acceptors (Lipinski definition) is 3. The highest BCUT2D eigenvalue weighted by molar-refractivity contribution is 6.10. The van der Waals surface area contributed by atoms with Gasteiger partial charge in [0.1, 0.15) is 12.1 Å². The molecule has 1 aliphatic heterocycles. The lowest BCUT2D eigenvalue weighted by atomic mass is 9.64. The Morgan fingerprint density at radius 3 is 2.59 bits per heavy atom. The van der Waals surface area contributed by atoms with E-state index in [1.165, 1.54) is 0 Å². The van der Waals surface area contributed by atoms with E-state index in [4.69, 9.17) is 0 Å². The Balaban J connectivity index is 1.48. The molecular formula is C23H27N3O3. The highest BCUT2D eigenvalue weighted by Gasteiger charge is 2.56. The molecule has 2 aliphatic rings. The van der Waals surface area contributed by atoms with Gasteiger partial charge in [-0.3, -0.25) is 14.5 Å². The van der Waals surface area contributed by atoms with Gasteiger partial charge in [-0.15, -0.1) is 0 Å². The van der Waals surface area contributed by atoms with E-state index < -0.39 is 11.6 Å². The number of carbonyl (C=O) groups is 3. The summed E-state index contributed by atoms with van der Waals surface area (Å²) >= 11 is 0. The zero-order valence-corrected chi connectivity index (χ0v) is 17.1. The van der Waals surface area contributed by atoms with Crippen molar-refractivity contribution < 1.29 is 14.4 Å². The van der Waals surface area contributed by atoms with Gasteiger partial charge in [-0.25, -0.2) is 4.79 Å². The molecule has 1 heterocycles. The van der Waals surface area contributed by atoms with Crippen molar-refractivity contribution in [2.75, 3.05) is 11.9 Å². The van der Waals surface area contributed by atoms with E-state index in [9.17, 15) is 14.4 Å². The third-order valence-corrected chi connectivity index (χ3v) is 5.96. The average Bonchev–Trinajstić information content (AvgIpc) is 2.83. The molecule has 2 atom stereocenters. The summed E-state index contributed by atoms with van der Waals surface area (Å²) in [5.41, 5.74) is -0.284. The summed E-state index contributed by atoms with van der Waals surface area (Å²) in [5.74, 6) is -0.339. The van der Waals surface area contributed by atoms with Crippen molar-refractivity contribution in [1.29, 1.82) is 0 Å². The molecule has 29 heavy (non-hydrogen) atoms. The van der Waals surface area contributed by atoms with E-state index in [1.807, 2.05) is 42.5 Å². The van der Waals surface area contributed by atoms with Gasteiger partial charge >= 0.3 is 6.03 Å². The molecule has 0 radical (unpaired) electrons. The molecule has 6 nitrogen and oxygen atoms in total. The Kier molecular flexibility index (Phi) is 4.60. The second kappa shape index (κ2) is 6.87. The molecule has 6 heteroatoms. The van der Waals surface area contributed by atoms with Crippen LogP contribution in [0.5, 0.6) is 0 Å². The average molecular weight is 393 g/mol. The van der Waals surface area contributed by atoms with Gasteiger partial charge in [0.2, 0.25) is 5.91 Å². The molecule has 2 aromatic carbocycles. The van der Waals surface area contributed by atoms with Gasteiger partial charge in [-0.2, -0.15) is 0 Å². The zero-order chi connectivity index (χ0) is 20.8. The second-order valence-electron chi connectivity index (χ2n) is 9.37. The van der Waals surface area contributed by atoms with Crippen molar-refractivity contribution in [2.45, 2.75) is 45.6 Å². The van der Waals surface area contributed by atoms with Gasteiger partial charge in [0.05, 0.1) is 0 Å². The summed E-state index contributed by atoms with van der Waals surface area (Å²) in [7, 11) is 0. The summed E-state index contributed by atoms with van der Waals surface area (Å²) in [6, 6.07) is 13.0. The maximum atomic E-state index is 13.2. The van der Waals surface area contributed by atoms with Gasteiger partial charge in [-0.1, -0.05) is 51.1 Å². The quantitative estimate of drug-likeness (QED) is 0.776. The minimum Gasteiger partial charge on any atom is -0.325 e. The number of rotatable bonds is 3. The minimum absolute atomic E-state index is 0.0377. The standard InChI is InChI=1S/C23H27N3O3/c1-15-11-22(2,3)14-23(12-15)20(28)26(21(29)25-23)13-19(27)24-18-9-8-16-6-4-5-7-17(16)10-18/h4-10,15H,11-14H2,1-3H3,(H,24,27)(H,25,29)/t15-,23-/m1/s1. The van der Waals surface area contributed by atoms with E-state index in [1.54, 1.807) is 0 Å². The van der Waals surface area contributed by atoms with Crippen LogP contribution in [0, 0.1) is 11.3 Å². The van der Waals surface area contributed by atoms with E-state index in [0.717, 1.165) is 22.1 Å². The van der Waals surface area contributed by atoms with Crippen LogP contribution in [0.4, 0.5) is 10.5 Å². The molecule has 1 saturated heterocycles. The Bertz CT molecular complexity index is 1000. The Morgan fingerprint density at radius 1 is 1.14 bits per heavy atom. The van der Waals surface area contributed by atoms with Gasteiger partial charge in [0.25, 0.3) is 5.91 Å². The Morgan fingerprint density at radius 2 is 1.86 bits per heavy atom. The molecule has 0 bridgehead atoms. The van der Waals surface area contributed by atoms with Gasteiger partial charge in [-0.05, 0) is 53.5 Å². The van der Waals surface area contributed by atoms with Gasteiger partial charge < -0.3 is 10.6 Å². The number of urea groups is 1. The van der Waals surface area contributed by atoms with Crippen LogP contribution in [-0.4, -0.2) is 34.8 Å². The summed E-state index contributed by atoms with van der Waals surface area (Å²) < 4.78 is 0. The first-order valence-electron chi connectivity index (χ1n) is 10.1. The lowest BCUT2D eigenvalue weighted by Crippen LogP contribution is -2.54. The third-order valence-electron chi connectivity index (χ3n) is 5.96. The van der Waals surface area contributed by atoms with Crippen LogP contribution in [-0.2, 0) is 9.59 Å². The van der Waals surface area contributed by atoms with Crippen LogP contribution >= 0.6 is 0 Å². The van der Waals surface area contributed by atoms with E-state index in [-0.39, 0.29) is 23.8 Å². The normalized spacial score (nSPS) is 26.0. The molecule has 4 rings (SSSR count). The van der Waals surface area contributed by atoms with Crippen molar-refractivity contribution in [3.63, 3.8) is 0 Å². The van der Waals surface area contributed by atoms with Crippen molar-refractivity contribution in [3.05, 3.63) is 42.5 Å². The number of hydrogen-bond donors (Lipinski definition) is 2. The van der Waals surface area contributed by atoms with E-state index in [0.29, 0.717) is 24.4 Å². The number of imide groups is 1. The molecule has 4 amide bonds. The molecule has 0 unspecified atom stereocenters. The minimum atomic E-state index is -0.887. The highest BCUT2D eigenvalue weighted by atomic mass is 16.2. The first-order valence-corrected chi connectivity index (χ1v) is 10.1. The van der Waals surface area contributed by atoms with Crippen molar-refractivity contribution in [3.8, 4) is 0 Å². The zero-order valence-electron chi connectivity index (χ0n) is 17.1. The maximum Gasteiger partial charge on any atom is 0.325 e. The molecule has 2 aromatic rings. The molecule has 1 aliphatic carbocycles. The van der Waals surface area contributed by atoms with Crippen LogP contribution in [0.15, 0.2) is 42.5 Å². The smallest absolute Gasteiger partial charge is 0.325 e. The largest absolute Gasteiger partial charge is 0.325 e. The first kappa shape index (κ1) is 19.4. The molecule has 152 valence electrons. The molecule has 1 spiro atoms. The Labute approximate surface area is 170 Å². The molecular weight excluding hydrogens is 366 g/mol. The molecule has 2 fully saturated rings. The number of nitrogens with one attached hydrogen (secondary N) is 2. The number of benzene rings is 2. The number of amides is 4. The fraction of sp³-hybridized carbons (Fsp3) is 0.435. The van der Waals surface area contributed by atoms with Crippen LogP contribution in [0.2, 0.25) is 0 Å². The predicted octanol–water partition coefficient (Wildman–Crippen LogP) is 3.92. The number of fused-ring (bicyclic) bond motifs is 1. The van der Waals surface area contributed by atoms with Crippen molar-refractivity contribution in [2.24, 2.45) is 11.3 Å². The first-order chi connectivity index (χ1) is 13.7. The summed E-state index contributed by atoms with van der Waals surface area (Å²) in [6.07, 6.45) is 2.22. The SMILES string of the molecule is C[C@@H]1CC(C)(C)C[C@@]2(C1)NC(=O)N(CC(=O)Nc1ccc3ccccc3c1)C2=O. The number of nitrogens with zero attached hydrogens (tertiary/aromatic N) is 1. The topological polar surface area (TPSA) is 78.5 Å². The van der Waals surface area contributed by atoms with Crippen LogP contribution in [0.3, 0.4) is 0 Å². The second-order valence-corrected chi connectivity index (χ2v) is 9.37. The monoisotopic (exact) mass is 393 g/mol. The van der Waals surface area contributed by atoms with Crippen molar-refractivity contribution >= 4 is 34.3 Å². The van der Waals surface area contributed by atoms with Crippen LogP contribution in [0.1, 0.15) is 40.0 Å². The lowest BCUT2D eigenvalue weighted by Gasteiger charge is -2.43. The molecule has 2 N–H and O–H groups in total. The number of carbonyl (C=O) groups excluding carboxylic acids is 3. The fourth-order valence-electron chi connectivity index (χ4n) is 5.26. The molecule has 1 saturated carbocycles. The predicted molar refractivity (Wildman–Crippen MR) is 112 cm³/mol. The van der Waals surface area contributed by atoms with Crippen LogP contribution < -0.4 is 10.6 Å². The lowest BCUT2D eigenvalue weighted by molar-refractivity contribution is -0.136. The highest BCUT2D eigenvalue weighted by Crippen LogP contribution is 2.46.